The van der Waals surface area contributed by atoms with Gasteiger partial charge in [0.05, 0.1) is 28.6 Å². The summed E-state index contributed by atoms with van der Waals surface area (Å²) in [6.07, 6.45) is 0. The zero-order valence-electron chi connectivity index (χ0n) is 19.7. The number of alkyl halides is 2. The molecule has 1 aromatic carbocycles. The Morgan fingerprint density at radius 1 is 1.15 bits per heavy atom. The second-order valence-corrected chi connectivity index (χ2v) is 10.9. The number of fused-ring (bicyclic) bond motifs is 1. The maximum atomic E-state index is 15.2. The lowest BCUT2D eigenvalue weighted by Gasteiger charge is -2.30. The van der Waals surface area contributed by atoms with Crippen molar-refractivity contribution in [3.8, 4) is 0 Å². The molecule has 1 atom stereocenters. The molecule has 11 heteroatoms. The average molecular weight is 497 g/mol. The van der Waals surface area contributed by atoms with Crippen LogP contribution in [0.25, 0.3) is 10.9 Å². The van der Waals surface area contributed by atoms with Gasteiger partial charge in [0.25, 0.3) is 0 Å². The van der Waals surface area contributed by atoms with Crippen LogP contribution in [0.5, 0.6) is 0 Å². The van der Waals surface area contributed by atoms with Crippen molar-refractivity contribution in [3.63, 3.8) is 0 Å². The fourth-order valence-corrected chi connectivity index (χ4v) is 4.39. The molecule has 0 spiro atoms. The number of nitrogens with one attached hydrogen (secondary N) is 1. The van der Waals surface area contributed by atoms with Crippen molar-refractivity contribution < 1.29 is 26.7 Å². The van der Waals surface area contributed by atoms with Crippen molar-refractivity contribution in [1.82, 2.24) is 15.0 Å². The SMILES string of the molecule is CCS(=O)(=O)c1cc2c(N[C@H](C)c3cccc(C(F)(F)C(C)(C)O)c3F)nc(C)nc2c(C)n1. The van der Waals surface area contributed by atoms with Crippen LogP contribution in [0.1, 0.15) is 56.4 Å². The first-order valence-electron chi connectivity index (χ1n) is 10.6. The van der Waals surface area contributed by atoms with E-state index in [0.29, 0.717) is 22.4 Å². The molecule has 184 valence electrons. The molecule has 0 amide bonds. The molecule has 2 aromatic heterocycles. The van der Waals surface area contributed by atoms with E-state index in [1.807, 2.05) is 0 Å². The van der Waals surface area contributed by atoms with Gasteiger partial charge in [0.2, 0.25) is 0 Å². The molecule has 0 unspecified atom stereocenters. The Morgan fingerprint density at radius 3 is 2.38 bits per heavy atom. The third-order valence-corrected chi connectivity index (χ3v) is 7.21. The third kappa shape index (κ3) is 4.58. The molecule has 0 saturated heterocycles. The molecule has 0 saturated carbocycles. The Kier molecular flexibility index (Phi) is 6.66. The van der Waals surface area contributed by atoms with E-state index in [2.05, 4.69) is 20.3 Å². The maximum Gasteiger partial charge on any atom is 0.303 e. The predicted octanol–water partition coefficient (Wildman–Crippen LogP) is 4.61. The summed E-state index contributed by atoms with van der Waals surface area (Å²) >= 11 is 0. The molecule has 0 aliphatic heterocycles. The van der Waals surface area contributed by atoms with E-state index in [-0.39, 0.29) is 22.2 Å². The number of aromatic nitrogens is 3. The van der Waals surface area contributed by atoms with Gasteiger partial charge in [-0.1, -0.05) is 19.1 Å². The first-order valence-corrected chi connectivity index (χ1v) is 12.3. The van der Waals surface area contributed by atoms with Crippen molar-refractivity contribution in [3.05, 3.63) is 52.7 Å². The fourth-order valence-electron chi connectivity index (χ4n) is 3.52. The maximum absolute atomic E-state index is 15.2. The van der Waals surface area contributed by atoms with Crippen molar-refractivity contribution in [2.45, 2.75) is 64.1 Å². The number of pyridine rings is 1. The standard InChI is InChI=1S/C23H27F3N4O3S/c1-7-34(32,33)18-11-16-20(13(3)27-18)29-14(4)30-21(16)28-12(2)15-9-8-10-17(19(15)24)23(25,26)22(5,6)31/h8-12,31H,7H2,1-6H3,(H,28,29,30)/t12-/m1/s1. The number of aliphatic hydroxyl groups is 1. The van der Waals surface area contributed by atoms with E-state index in [9.17, 15) is 22.3 Å². The Morgan fingerprint density at radius 2 is 1.79 bits per heavy atom. The lowest BCUT2D eigenvalue weighted by Crippen LogP contribution is -2.41. The minimum absolute atomic E-state index is 0.0713. The minimum Gasteiger partial charge on any atom is -0.384 e. The van der Waals surface area contributed by atoms with Gasteiger partial charge in [-0.2, -0.15) is 8.78 Å². The minimum atomic E-state index is -3.84. The number of rotatable bonds is 7. The van der Waals surface area contributed by atoms with Gasteiger partial charge in [-0.15, -0.1) is 0 Å². The molecular formula is C23H27F3N4O3S. The molecule has 3 rings (SSSR count). The second kappa shape index (κ2) is 8.77. The molecule has 34 heavy (non-hydrogen) atoms. The number of benzene rings is 1. The van der Waals surface area contributed by atoms with E-state index in [0.717, 1.165) is 19.9 Å². The van der Waals surface area contributed by atoms with E-state index in [1.165, 1.54) is 25.1 Å². The van der Waals surface area contributed by atoms with Gasteiger partial charge in [0, 0.05) is 10.9 Å². The topological polar surface area (TPSA) is 105 Å². The fraction of sp³-hybridized carbons (Fsp3) is 0.435. The molecule has 0 aliphatic carbocycles. The highest BCUT2D eigenvalue weighted by molar-refractivity contribution is 7.91. The first kappa shape index (κ1) is 25.8. The van der Waals surface area contributed by atoms with Crippen LogP contribution >= 0.6 is 0 Å². The van der Waals surface area contributed by atoms with Crippen LogP contribution in [0.2, 0.25) is 0 Å². The van der Waals surface area contributed by atoms with Crippen LogP contribution in [0.4, 0.5) is 19.0 Å². The lowest BCUT2D eigenvalue weighted by molar-refractivity contribution is -0.170. The number of aryl methyl sites for hydroxylation is 2. The van der Waals surface area contributed by atoms with Crippen molar-refractivity contribution in [2.24, 2.45) is 0 Å². The number of halogens is 3. The van der Waals surface area contributed by atoms with Gasteiger partial charge in [0.1, 0.15) is 23.1 Å². The molecule has 7 nitrogen and oxygen atoms in total. The zero-order chi connectivity index (χ0) is 25.6. The molecule has 2 N–H and O–H groups in total. The highest BCUT2D eigenvalue weighted by Gasteiger charge is 2.49. The van der Waals surface area contributed by atoms with E-state index in [1.54, 1.807) is 20.8 Å². The normalized spacial score (nSPS) is 13.8. The number of hydrogen-bond acceptors (Lipinski definition) is 7. The van der Waals surface area contributed by atoms with Crippen LogP contribution in [0.15, 0.2) is 29.3 Å². The first-order chi connectivity index (χ1) is 15.6. The second-order valence-electron chi connectivity index (χ2n) is 8.67. The Balaban J connectivity index is 2.13. The third-order valence-electron chi connectivity index (χ3n) is 5.60. The number of hydrogen-bond donors (Lipinski definition) is 2. The lowest BCUT2D eigenvalue weighted by atomic mass is 9.91. The van der Waals surface area contributed by atoms with Crippen LogP contribution in [-0.2, 0) is 15.8 Å². The van der Waals surface area contributed by atoms with Crippen LogP contribution in [0, 0.1) is 19.7 Å². The largest absolute Gasteiger partial charge is 0.384 e. The highest BCUT2D eigenvalue weighted by atomic mass is 32.2. The van der Waals surface area contributed by atoms with Gasteiger partial charge in [-0.05, 0) is 46.8 Å². The quantitative estimate of drug-likeness (QED) is 0.492. The smallest absolute Gasteiger partial charge is 0.303 e. The molecular weight excluding hydrogens is 469 g/mol. The summed E-state index contributed by atoms with van der Waals surface area (Å²) < 4.78 is 69.4. The van der Waals surface area contributed by atoms with E-state index >= 15 is 4.39 Å². The van der Waals surface area contributed by atoms with Gasteiger partial charge >= 0.3 is 5.92 Å². The molecule has 0 aliphatic rings. The molecule has 2 heterocycles. The van der Waals surface area contributed by atoms with Crippen molar-refractivity contribution in [1.29, 1.82) is 0 Å². The van der Waals surface area contributed by atoms with Gasteiger partial charge in [-0.25, -0.2) is 27.8 Å². The molecule has 0 radical (unpaired) electrons. The van der Waals surface area contributed by atoms with Gasteiger partial charge in [0.15, 0.2) is 14.9 Å². The Hall–Kier alpha value is -2.79. The summed E-state index contributed by atoms with van der Waals surface area (Å²) in [6.45, 7) is 8.15. The number of sulfone groups is 1. The van der Waals surface area contributed by atoms with Crippen LogP contribution in [-0.4, -0.2) is 39.8 Å². The molecule has 0 bridgehead atoms. The summed E-state index contributed by atoms with van der Waals surface area (Å²) in [5, 5.41) is 13.1. The summed E-state index contributed by atoms with van der Waals surface area (Å²) in [5.74, 6) is -4.56. The Bertz CT molecular complexity index is 1360. The zero-order valence-corrected chi connectivity index (χ0v) is 20.6. The Labute approximate surface area is 196 Å². The summed E-state index contributed by atoms with van der Waals surface area (Å²) in [5.41, 5.74) is -2.68. The van der Waals surface area contributed by atoms with E-state index < -0.39 is 38.8 Å². The summed E-state index contributed by atoms with van der Waals surface area (Å²) in [6, 6.07) is 4.09. The van der Waals surface area contributed by atoms with Gasteiger partial charge < -0.3 is 10.4 Å². The summed E-state index contributed by atoms with van der Waals surface area (Å²) in [7, 11) is -3.62. The van der Waals surface area contributed by atoms with E-state index in [4.69, 9.17) is 0 Å². The van der Waals surface area contributed by atoms with Crippen LogP contribution < -0.4 is 5.32 Å². The van der Waals surface area contributed by atoms with Gasteiger partial charge in [-0.3, -0.25) is 0 Å². The molecule has 3 aromatic rings. The van der Waals surface area contributed by atoms with Crippen molar-refractivity contribution in [2.75, 3.05) is 11.1 Å². The van der Waals surface area contributed by atoms with Crippen LogP contribution in [0.3, 0.4) is 0 Å². The number of nitrogens with zero attached hydrogens (tertiary/aromatic N) is 3. The summed E-state index contributed by atoms with van der Waals surface area (Å²) in [4.78, 5) is 12.9. The highest BCUT2D eigenvalue weighted by Crippen LogP contribution is 2.41. The monoisotopic (exact) mass is 496 g/mol. The predicted molar refractivity (Wildman–Crippen MR) is 123 cm³/mol. The number of anilines is 1. The molecule has 0 fully saturated rings. The average Bonchev–Trinajstić information content (AvgIpc) is 2.73. The van der Waals surface area contributed by atoms with Crippen molar-refractivity contribution >= 4 is 26.6 Å².